The summed E-state index contributed by atoms with van der Waals surface area (Å²) in [6.07, 6.45) is 4.20. The van der Waals surface area contributed by atoms with Crippen molar-refractivity contribution in [2.75, 3.05) is 16.8 Å². The molecule has 1 N–H and O–H groups in total. The van der Waals surface area contributed by atoms with Crippen molar-refractivity contribution in [3.63, 3.8) is 0 Å². The molecule has 1 unspecified atom stereocenters. The van der Waals surface area contributed by atoms with Crippen LogP contribution in [0.4, 0.5) is 15.9 Å². The minimum Gasteiger partial charge on any atom is -0.348 e. The number of carbonyl (C=O) groups is 1. The molecule has 4 aromatic rings. The van der Waals surface area contributed by atoms with Crippen LogP contribution in [0.3, 0.4) is 0 Å². The Hall–Kier alpha value is -3.74. The quantitative estimate of drug-likeness (QED) is 0.542. The zero-order chi connectivity index (χ0) is 20.9. The average Bonchev–Trinajstić information content (AvgIpc) is 3.49. The lowest BCUT2D eigenvalue weighted by molar-refractivity contribution is -0.115. The van der Waals surface area contributed by atoms with E-state index < -0.39 is 0 Å². The molecule has 1 atom stereocenters. The van der Waals surface area contributed by atoms with E-state index in [1.54, 1.807) is 12.1 Å². The molecule has 6 nitrogen and oxygen atoms in total. The third-order valence-corrected chi connectivity index (χ3v) is 6.15. The van der Waals surface area contributed by atoms with Gasteiger partial charge in [0.1, 0.15) is 11.6 Å². The van der Waals surface area contributed by atoms with Gasteiger partial charge in [-0.05, 0) is 60.4 Å². The number of fused-ring (bicyclic) bond motifs is 2. The normalized spacial score (nSPS) is 17.9. The Labute approximate surface area is 178 Å². The van der Waals surface area contributed by atoms with Gasteiger partial charge >= 0.3 is 0 Å². The molecule has 2 aliphatic rings. The number of halogens is 1. The first-order valence-electron chi connectivity index (χ1n) is 10.5. The second kappa shape index (κ2) is 6.91. The van der Waals surface area contributed by atoms with Gasteiger partial charge in [-0.1, -0.05) is 18.2 Å². The number of amides is 1. The molecule has 1 amide bonds. The highest BCUT2D eigenvalue weighted by Gasteiger charge is 2.28. The van der Waals surface area contributed by atoms with Crippen molar-refractivity contribution >= 4 is 23.1 Å². The summed E-state index contributed by atoms with van der Waals surface area (Å²) >= 11 is 0. The molecular formula is C24H20FN5O. The number of imidazole rings is 1. The van der Waals surface area contributed by atoms with E-state index in [4.69, 9.17) is 5.10 Å². The largest absolute Gasteiger partial charge is 0.348 e. The van der Waals surface area contributed by atoms with E-state index in [0.717, 1.165) is 58.9 Å². The number of rotatable bonds is 3. The lowest BCUT2D eigenvalue weighted by atomic mass is 10.0. The Kier molecular flexibility index (Phi) is 4.02. The first-order chi connectivity index (χ1) is 15.2. The molecule has 31 heavy (non-hydrogen) atoms. The molecule has 0 aliphatic carbocycles. The molecule has 2 aromatic heterocycles. The van der Waals surface area contributed by atoms with Crippen LogP contribution >= 0.6 is 0 Å². The van der Waals surface area contributed by atoms with Crippen molar-refractivity contribution in [2.45, 2.75) is 25.3 Å². The molecule has 1 fully saturated rings. The van der Waals surface area contributed by atoms with E-state index in [0.29, 0.717) is 6.42 Å². The van der Waals surface area contributed by atoms with E-state index in [9.17, 15) is 9.18 Å². The van der Waals surface area contributed by atoms with Gasteiger partial charge in [0.2, 0.25) is 5.91 Å². The van der Waals surface area contributed by atoms with Gasteiger partial charge in [-0.3, -0.25) is 4.79 Å². The van der Waals surface area contributed by atoms with Crippen LogP contribution in [0, 0.1) is 5.82 Å². The summed E-state index contributed by atoms with van der Waals surface area (Å²) in [6, 6.07) is 16.8. The molecule has 2 aliphatic heterocycles. The van der Waals surface area contributed by atoms with Crippen LogP contribution < -0.4 is 10.2 Å². The van der Waals surface area contributed by atoms with Crippen molar-refractivity contribution in [3.8, 4) is 11.3 Å². The van der Waals surface area contributed by atoms with Crippen molar-refractivity contribution in [1.29, 1.82) is 0 Å². The third-order valence-electron chi connectivity index (χ3n) is 6.15. The Balaban J connectivity index is 1.40. The van der Waals surface area contributed by atoms with Gasteiger partial charge in [0.15, 0.2) is 5.65 Å². The average molecular weight is 413 g/mol. The maximum Gasteiger partial charge on any atom is 0.228 e. The summed E-state index contributed by atoms with van der Waals surface area (Å²) in [5.74, 6) is 0.647. The molecule has 1 saturated heterocycles. The number of benzene rings is 2. The van der Waals surface area contributed by atoms with Crippen LogP contribution in [0.25, 0.3) is 16.9 Å². The van der Waals surface area contributed by atoms with E-state index in [1.807, 2.05) is 47.1 Å². The predicted molar refractivity (Wildman–Crippen MR) is 116 cm³/mol. The Morgan fingerprint density at radius 1 is 1.10 bits per heavy atom. The van der Waals surface area contributed by atoms with Crippen molar-refractivity contribution in [2.24, 2.45) is 0 Å². The van der Waals surface area contributed by atoms with Crippen LogP contribution in [-0.2, 0) is 11.2 Å². The molecule has 4 heterocycles. The second-order valence-electron chi connectivity index (χ2n) is 8.11. The van der Waals surface area contributed by atoms with E-state index in [2.05, 4.69) is 15.2 Å². The number of nitrogens with zero attached hydrogens (tertiary/aromatic N) is 4. The number of aromatic nitrogens is 3. The zero-order valence-corrected chi connectivity index (χ0v) is 16.8. The molecule has 2 aromatic carbocycles. The molecule has 154 valence electrons. The predicted octanol–water partition coefficient (Wildman–Crippen LogP) is 4.37. The number of nitrogens with one attached hydrogen (secondary N) is 1. The number of anilines is 2. The monoisotopic (exact) mass is 413 g/mol. The van der Waals surface area contributed by atoms with Crippen LogP contribution in [0.1, 0.15) is 30.0 Å². The maximum atomic E-state index is 13.8. The molecule has 6 rings (SSSR count). The minimum atomic E-state index is -0.214. The van der Waals surface area contributed by atoms with Crippen LogP contribution in [0.2, 0.25) is 0 Å². The fraction of sp³-hybridized carbons (Fsp3) is 0.208. The van der Waals surface area contributed by atoms with Crippen molar-refractivity contribution < 1.29 is 9.18 Å². The summed E-state index contributed by atoms with van der Waals surface area (Å²) in [4.78, 5) is 18.4. The first kappa shape index (κ1) is 18.1. The van der Waals surface area contributed by atoms with Crippen LogP contribution in [0.5, 0.6) is 0 Å². The van der Waals surface area contributed by atoms with E-state index >= 15 is 0 Å². The molecule has 0 saturated carbocycles. The smallest absolute Gasteiger partial charge is 0.228 e. The molecule has 0 bridgehead atoms. The second-order valence-corrected chi connectivity index (χ2v) is 8.11. The molecule has 7 heteroatoms. The lowest BCUT2D eigenvalue weighted by Gasteiger charge is -2.26. The Morgan fingerprint density at radius 2 is 2.03 bits per heavy atom. The highest BCUT2D eigenvalue weighted by Crippen LogP contribution is 2.36. The fourth-order valence-corrected chi connectivity index (χ4v) is 4.70. The zero-order valence-electron chi connectivity index (χ0n) is 16.8. The standard InChI is InChI=1S/C24H20FN5O/c25-18-4-1-3-15(12-18)20-5-2-10-29(20)23-9-8-22-26-14-21(30(22)28-23)16-6-7-19-17(11-16)13-24(31)27-19/h1,3-4,6-9,11-12,14,20H,2,5,10,13H2,(H,27,31). The topological polar surface area (TPSA) is 62.5 Å². The van der Waals surface area contributed by atoms with Crippen molar-refractivity contribution in [1.82, 2.24) is 14.6 Å². The number of hydrogen-bond donors (Lipinski definition) is 1. The number of hydrogen-bond acceptors (Lipinski definition) is 4. The van der Waals surface area contributed by atoms with Gasteiger partial charge < -0.3 is 10.2 Å². The lowest BCUT2D eigenvalue weighted by Crippen LogP contribution is -2.24. The van der Waals surface area contributed by atoms with Gasteiger partial charge in [-0.15, -0.1) is 5.10 Å². The van der Waals surface area contributed by atoms with Crippen LogP contribution in [0.15, 0.2) is 60.8 Å². The Morgan fingerprint density at radius 3 is 2.94 bits per heavy atom. The minimum absolute atomic E-state index is 0.0168. The van der Waals surface area contributed by atoms with Gasteiger partial charge in [-0.25, -0.2) is 13.9 Å². The van der Waals surface area contributed by atoms with Gasteiger partial charge in [-0.2, -0.15) is 0 Å². The highest BCUT2D eigenvalue weighted by molar-refractivity contribution is 5.99. The third kappa shape index (κ3) is 3.04. The molecule has 0 spiro atoms. The summed E-state index contributed by atoms with van der Waals surface area (Å²) < 4.78 is 15.7. The van der Waals surface area contributed by atoms with Crippen LogP contribution in [-0.4, -0.2) is 27.0 Å². The molecule has 0 radical (unpaired) electrons. The summed E-state index contributed by atoms with van der Waals surface area (Å²) in [5.41, 5.74) is 5.43. The van der Waals surface area contributed by atoms with Gasteiger partial charge in [0, 0.05) is 17.8 Å². The van der Waals surface area contributed by atoms with E-state index in [-0.39, 0.29) is 17.8 Å². The summed E-state index contributed by atoms with van der Waals surface area (Å²) in [7, 11) is 0. The molecular weight excluding hydrogens is 393 g/mol. The summed E-state index contributed by atoms with van der Waals surface area (Å²) in [6.45, 7) is 0.871. The van der Waals surface area contributed by atoms with E-state index in [1.165, 1.54) is 6.07 Å². The Bertz CT molecular complexity index is 1330. The van der Waals surface area contributed by atoms with Crippen molar-refractivity contribution in [3.05, 3.63) is 77.7 Å². The van der Waals surface area contributed by atoms with Gasteiger partial charge in [0.25, 0.3) is 0 Å². The SMILES string of the molecule is O=C1Cc2cc(-c3cnc4ccc(N5CCCC5c5cccc(F)c5)nn34)ccc2N1. The maximum absolute atomic E-state index is 13.8. The number of carbonyl (C=O) groups excluding carboxylic acids is 1. The highest BCUT2D eigenvalue weighted by atomic mass is 19.1. The fourth-order valence-electron chi connectivity index (χ4n) is 4.70. The first-order valence-corrected chi connectivity index (χ1v) is 10.5. The van der Waals surface area contributed by atoms with Gasteiger partial charge in [0.05, 0.1) is 24.4 Å². The summed E-state index contributed by atoms with van der Waals surface area (Å²) in [5, 5.41) is 7.77.